The van der Waals surface area contributed by atoms with Gasteiger partial charge in [0.05, 0.1) is 17.6 Å². The molecule has 1 fully saturated rings. The SMILES string of the molecule is CC(C)C(NC(=O)CN1CCN(CCOc2ccccc2Cl)CC1)c1ccc2c(c1)OCCO2. The van der Waals surface area contributed by atoms with Gasteiger partial charge in [0.1, 0.15) is 25.6 Å². The molecule has 34 heavy (non-hydrogen) atoms. The van der Waals surface area contributed by atoms with Gasteiger partial charge >= 0.3 is 0 Å². The van der Waals surface area contributed by atoms with Crippen LogP contribution in [0, 0.1) is 5.92 Å². The maximum Gasteiger partial charge on any atom is 0.234 e. The third-order valence-corrected chi connectivity index (χ3v) is 6.55. The van der Waals surface area contributed by atoms with Gasteiger partial charge in [-0.1, -0.05) is 43.6 Å². The van der Waals surface area contributed by atoms with E-state index >= 15 is 0 Å². The normalized spacial score (nSPS) is 17.4. The summed E-state index contributed by atoms with van der Waals surface area (Å²) in [7, 11) is 0. The Morgan fingerprint density at radius 3 is 2.47 bits per heavy atom. The van der Waals surface area contributed by atoms with Crippen LogP contribution in [0.25, 0.3) is 0 Å². The van der Waals surface area contributed by atoms with E-state index in [9.17, 15) is 4.79 Å². The number of piperazine rings is 1. The van der Waals surface area contributed by atoms with Crippen molar-refractivity contribution in [2.45, 2.75) is 19.9 Å². The number of carbonyl (C=O) groups excluding carboxylic acids is 1. The number of halogens is 1. The maximum absolute atomic E-state index is 12.9. The first-order valence-corrected chi connectivity index (χ1v) is 12.4. The zero-order valence-electron chi connectivity index (χ0n) is 20.0. The zero-order chi connectivity index (χ0) is 23.9. The molecule has 0 bridgehead atoms. The van der Waals surface area contributed by atoms with Gasteiger partial charge in [0.15, 0.2) is 11.5 Å². The molecule has 0 aromatic heterocycles. The summed E-state index contributed by atoms with van der Waals surface area (Å²) in [4.78, 5) is 17.4. The lowest BCUT2D eigenvalue weighted by Gasteiger charge is -2.34. The van der Waals surface area contributed by atoms with E-state index < -0.39 is 0 Å². The van der Waals surface area contributed by atoms with Crippen molar-refractivity contribution < 1.29 is 19.0 Å². The second-order valence-electron chi connectivity index (χ2n) is 9.09. The Labute approximate surface area is 206 Å². The Morgan fingerprint density at radius 2 is 1.74 bits per heavy atom. The number of nitrogens with zero attached hydrogens (tertiary/aromatic N) is 2. The smallest absolute Gasteiger partial charge is 0.234 e. The standard InChI is InChI=1S/C26H34ClN3O4/c1-19(2)26(20-7-8-23-24(17-20)34-16-15-33-23)28-25(31)18-30-11-9-29(10-12-30)13-14-32-22-6-4-3-5-21(22)27/h3-8,17,19,26H,9-16,18H2,1-2H3,(H,28,31). The molecule has 1 N–H and O–H groups in total. The van der Waals surface area contributed by atoms with Crippen LogP contribution in [-0.2, 0) is 4.79 Å². The summed E-state index contributed by atoms with van der Waals surface area (Å²) in [5.74, 6) is 2.53. The van der Waals surface area contributed by atoms with Crippen LogP contribution in [0.5, 0.6) is 17.2 Å². The third kappa shape index (κ3) is 6.56. The van der Waals surface area contributed by atoms with Crippen molar-refractivity contribution in [2.75, 3.05) is 59.1 Å². The topological polar surface area (TPSA) is 63.3 Å². The van der Waals surface area contributed by atoms with Crippen LogP contribution in [0.2, 0.25) is 5.02 Å². The molecule has 184 valence electrons. The minimum Gasteiger partial charge on any atom is -0.491 e. The van der Waals surface area contributed by atoms with E-state index in [0.29, 0.717) is 31.4 Å². The maximum atomic E-state index is 12.9. The number of carbonyl (C=O) groups is 1. The number of rotatable bonds is 9. The van der Waals surface area contributed by atoms with Crippen molar-refractivity contribution in [3.63, 3.8) is 0 Å². The molecule has 2 aliphatic heterocycles. The molecule has 8 heteroatoms. The number of hydrogen-bond donors (Lipinski definition) is 1. The number of para-hydroxylation sites is 1. The Bertz CT molecular complexity index is 963. The summed E-state index contributed by atoms with van der Waals surface area (Å²) in [6.07, 6.45) is 0. The third-order valence-electron chi connectivity index (χ3n) is 6.24. The summed E-state index contributed by atoms with van der Waals surface area (Å²) < 4.78 is 17.2. The average Bonchev–Trinajstić information content (AvgIpc) is 2.84. The van der Waals surface area contributed by atoms with Gasteiger partial charge in [-0.25, -0.2) is 0 Å². The van der Waals surface area contributed by atoms with Gasteiger partial charge in [-0.05, 0) is 35.7 Å². The quantitative estimate of drug-likeness (QED) is 0.583. The highest BCUT2D eigenvalue weighted by Crippen LogP contribution is 2.34. The Morgan fingerprint density at radius 1 is 1.03 bits per heavy atom. The number of hydrogen-bond acceptors (Lipinski definition) is 6. The molecule has 1 atom stereocenters. The first-order valence-electron chi connectivity index (χ1n) is 12.0. The molecule has 7 nitrogen and oxygen atoms in total. The van der Waals surface area contributed by atoms with Gasteiger partial charge in [0.25, 0.3) is 0 Å². The number of fused-ring (bicyclic) bond motifs is 1. The minimum absolute atomic E-state index is 0.0455. The number of benzene rings is 2. The Hall–Kier alpha value is -2.48. The van der Waals surface area contributed by atoms with E-state index in [0.717, 1.165) is 55.5 Å². The van der Waals surface area contributed by atoms with E-state index in [1.165, 1.54) is 0 Å². The average molecular weight is 488 g/mol. The van der Waals surface area contributed by atoms with Crippen LogP contribution in [0.1, 0.15) is 25.5 Å². The second kappa shape index (κ2) is 11.8. The largest absolute Gasteiger partial charge is 0.491 e. The molecule has 0 aliphatic carbocycles. The molecule has 0 saturated carbocycles. The van der Waals surface area contributed by atoms with Crippen molar-refractivity contribution >= 4 is 17.5 Å². The van der Waals surface area contributed by atoms with Crippen LogP contribution >= 0.6 is 11.6 Å². The fourth-order valence-corrected chi connectivity index (χ4v) is 4.52. The summed E-state index contributed by atoms with van der Waals surface area (Å²) in [5, 5.41) is 3.87. The molecule has 2 aromatic carbocycles. The van der Waals surface area contributed by atoms with Gasteiger partial charge in [0.2, 0.25) is 5.91 Å². The fourth-order valence-electron chi connectivity index (χ4n) is 4.33. The summed E-state index contributed by atoms with van der Waals surface area (Å²) in [5.41, 5.74) is 1.04. The molecular formula is C26H34ClN3O4. The summed E-state index contributed by atoms with van der Waals surface area (Å²) in [6, 6.07) is 13.4. The number of ether oxygens (including phenoxy) is 3. The number of nitrogens with one attached hydrogen (secondary N) is 1. The van der Waals surface area contributed by atoms with E-state index in [1.807, 2.05) is 42.5 Å². The molecule has 1 saturated heterocycles. The van der Waals surface area contributed by atoms with Gasteiger partial charge < -0.3 is 19.5 Å². The monoisotopic (exact) mass is 487 g/mol. The highest BCUT2D eigenvalue weighted by Gasteiger charge is 2.24. The van der Waals surface area contributed by atoms with Crippen LogP contribution in [0.4, 0.5) is 0 Å². The predicted octanol–water partition coefficient (Wildman–Crippen LogP) is 3.62. The van der Waals surface area contributed by atoms with E-state index in [4.69, 9.17) is 25.8 Å². The van der Waals surface area contributed by atoms with Crippen LogP contribution < -0.4 is 19.5 Å². The van der Waals surface area contributed by atoms with Crippen molar-refractivity contribution in [1.82, 2.24) is 15.1 Å². The first kappa shape index (κ1) is 24.6. The van der Waals surface area contributed by atoms with Crippen LogP contribution in [0.3, 0.4) is 0 Å². The highest BCUT2D eigenvalue weighted by molar-refractivity contribution is 6.32. The van der Waals surface area contributed by atoms with Crippen LogP contribution in [0.15, 0.2) is 42.5 Å². The molecule has 0 spiro atoms. The Kier molecular flexibility index (Phi) is 8.53. The lowest BCUT2D eigenvalue weighted by molar-refractivity contribution is -0.123. The molecule has 1 amide bonds. The Balaban J connectivity index is 1.22. The van der Waals surface area contributed by atoms with Crippen molar-refractivity contribution in [3.05, 3.63) is 53.1 Å². The molecule has 0 radical (unpaired) electrons. The summed E-state index contributed by atoms with van der Waals surface area (Å²) >= 11 is 6.14. The number of amides is 1. The molecule has 2 heterocycles. The molecule has 1 unspecified atom stereocenters. The highest BCUT2D eigenvalue weighted by atomic mass is 35.5. The minimum atomic E-state index is -0.0772. The molecular weight excluding hydrogens is 454 g/mol. The van der Waals surface area contributed by atoms with Gasteiger partial charge in [0, 0.05) is 32.7 Å². The van der Waals surface area contributed by atoms with Crippen molar-refractivity contribution in [2.24, 2.45) is 5.92 Å². The fraction of sp³-hybridized carbons (Fsp3) is 0.500. The van der Waals surface area contributed by atoms with E-state index in [2.05, 4.69) is 29.0 Å². The molecule has 2 aliphatic rings. The van der Waals surface area contributed by atoms with Gasteiger partial charge in [-0.3, -0.25) is 14.6 Å². The lowest BCUT2D eigenvalue weighted by atomic mass is 9.95. The first-order chi connectivity index (χ1) is 16.5. The van der Waals surface area contributed by atoms with Crippen LogP contribution in [-0.4, -0.2) is 74.8 Å². The zero-order valence-corrected chi connectivity index (χ0v) is 20.7. The second-order valence-corrected chi connectivity index (χ2v) is 9.50. The lowest BCUT2D eigenvalue weighted by Crippen LogP contribution is -2.50. The van der Waals surface area contributed by atoms with E-state index in [-0.39, 0.29) is 17.9 Å². The van der Waals surface area contributed by atoms with Crippen molar-refractivity contribution in [3.8, 4) is 17.2 Å². The summed E-state index contributed by atoms with van der Waals surface area (Å²) in [6.45, 7) is 10.7. The van der Waals surface area contributed by atoms with Crippen molar-refractivity contribution in [1.29, 1.82) is 0 Å². The predicted molar refractivity (Wildman–Crippen MR) is 133 cm³/mol. The van der Waals surface area contributed by atoms with Gasteiger partial charge in [-0.15, -0.1) is 0 Å². The van der Waals surface area contributed by atoms with E-state index in [1.54, 1.807) is 0 Å². The molecule has 2 aromatic rings. The van der Waals surface area contributed by atoms with Gasteiger partial charge in [-0.2, -0.15) is 0 Å². The molecule has 4 rings (SSSR count).